The van der Waals surface area contributed by atoms with Crippen LogP contribution in [-0.4, -0.2) is 18.0 Å². The fourth-order valence-corrected chi connectivity index (χ4v) is 1.62. The highest BCUT2D eigenvalue weighted by Crippen LogP contribution is 2.07. The number of halogens is 1. The van der Waals surface area contributed by atoms with Gasteiger partial charge in [-0.25, -0.2) is 0 Å². The van der Waals surface area contributed by atoms with Gasteiger partial charge in [-0.2, -0.15) is 0 Å². The number of nitrogens with two attached hydrogens (primary N) is 1. The lowest BCUT2D eigenvalue weighted by molar-refractivity contribution is -0.123. The third-order valence-corrected chi connectivity index (χ3v) is 2.63. The average Bonchev–Trinajstić information content (AvgIpc) is 2.13. The van der Waals surface area contributed by atoms with Crippen molar-refractivity contribution in [3.63, 3.8) is 0 Å². The second-order valence-corrected chi connectivity index (χ2v) is 5.62. The minimum absolute atomic E-state index is 0. The summed E-state index contributed by atoms with van der Waals surface area (Å²) in [5, 5.41) is 2.98. The van der Waals surface area contributed by atoms with E-state index in [1.165, 1.54) is 0 Å². The van der Waals surface area contributed by atoms with Gasteiger partial charge in [-0.3, -0.25) is 4.79 Å². The molecule has 0 bridgehead atoms. The molecule has 0 rings (SSSR count). The van der Waals surface area contributed by atoms with Gasteiger partial charge in [0, 0.05) is 6.04 Å². The van der Waals surface area contributed by atoms with Crippen molar-refractivity contribution in [3.8, 4) is 0 Å². The van der Waals surface area contributed by atoms with Crippen LogP contribution in [0.25, 0.3) is 0 Å². The molecule has 0 aromatic rings. The van der Waals surface area contributed by atoms with Crippen molar-refractivity contribution in [1.82, 2.24) is 5.32 Å². The first kappa shape index (κ1) is 19.1. The summed E-state index contributed by atoms with van der Waals surface area (Å²) >= 11 is 0. The third-order valence-electron chi connectivity index (χ3n) is 2.63. The van der Waals surface area contributed by atoms with Crippen LogP contribution >= 0.6 is 12.4 Å². The number of nitrogens with one attached hydrogen (secondary N) is 1. The smallest absolute Gasteiger partial charge is 0.237 e. The standard InChI is InChI=1S/C13H28N2O.ClH/c1-9(2)6-7-11(5)15-13(16)12(14)8-10(3)4;/h9-12H,6-8,14H2,1-5H3,(H,15,16);1H/t11?,12-;/m0./s1. The number of carbonyl (C=O) groups is 1. The van der Waals surface area contributed by atoms with Crippen LogP contribution in [0.1, 0.15) is 53.9 Å². The Kier molecular flexibility index (Phi) is 10.9. The molecule has 0 heterocycles. The van der Waals surface area contributed by atoms with Crippen LogP contribution in [0.15, 0.2) is 0 Å². The van der Waals surface area contributed by atoms with Crippen LogP contribution in [0.5, 0.6) is 0 Å². The summed E-state index contributed by atoms with van der Waals surface area (Å²) < 4.78 is 0. The van der Waals surface area contributed by atoms with Crippen LogP contribution in [0, 0.1) is 11.8 Å². The Morgan fingerprint density at radius 2 is 1.59 bits per heavy atom. The molecule has 3 nitrogen and oxygen atoms in total. The molecule has 3 N–H and O–H groups in total. The number of hydrogen-bond acceptors (Lipinski definition) is 2. The number of hydrogen-bond donors (Lipinski definition) is 2. The Balaban J connectivity index is 0. The highest BCUT2D eigenvalue weighted by Gasteiger charge is 2.16. The van der Waals surface area contributed by atoms with Gasteiger partial charge >= 0.3 is 0 Å². The van der Waals surface area contributed by atoms with Crippen LogP contribution < -0.4 is 11.1 Å². The maximum absolute atomic E-state index is 11.7. The second kappa shape index (κ2) is 9.72. The molecule has 0 aliphatic carbocycles. The van der Waals surface area contributed by atoms with Crippen LogP contribution in [-0.2, 0) is 4.79 Å². The molecule has 0 aromatic heterocycles. The zero-order valence-corrected chi connectivity index (χ0v) is 12.6. The van der Waals surface area contributed by atoms with E-state index in [2.05, 4.69) is 33.0 Å². The molecule has 1 amide bonds. The molecule has 4 heteroatoms. The highest BCUT2D eigenvalue weighted by atomic mass is 35.5. The van der Waals surface area contributed by atoms with E-state index in [0.29, 0.717) is 11.8 Å². The molecule has 0 aromatic carbocycles. The second-order valence-electron chi connectivity index (χ2n) is 5.62. The normalized spacial score (nSPS) is 14.4. The zero-order chi connectivity index (χ0) is 12.7. The SMILES string of the molecule is CC(C)CCC(C)NC(=O)[C@@H](N)CC(C)C.Cl. The van der Waals surface area contributed by atoms with Gasteiger partial charge in [0.25, 0.3) is 0 Å². The maximum atomic E-state index is 11.7. The van der Waals surface area contributed by atoms with Gasteiger partial charge in [0.15, 0.2) is 0 Å². The predicted molar refractivity (Wildman–Crippen MR) is 76.4 cm³/mol. The topological polar surface area (TPSA) is 55.1 Å². The van der Waals surface area contributed by atoms with E-state index in [4.69, 9.17) is 5.73 Å². The first-order chi connectivity index (χ1) is 7.32. The van der Waals surface area contributed by atoms with Gasteiger partial charge in [0.05, 0.1) is 6.04 Å². The first-order valence-electron chi connectivity index (χ1n) is 6.38. The Hall–Kier alpha value is -0.280. The van der Waals surface area contributed by atoms with Crippen molar-refractivity contribution in [2.24, 2.45) is 17.6 Å². The van der Waals surface area contributed by atoms with Gasteiger partial charge < -0.3 is 11.1 Å². The third kappa shape index (κ3) is 10.6. The van der Waals surface area contributed by atoms with Gasteiger partial charge in [-0.05, 0) is 38.0 Å². The molecule has 104 valence electrons. The van der Waals surface area contributed by atoms with Crippen molar-refractivity contribution in [2.45, 2.75) is 66.0 Å². The van der Waals surface area contributed by atoms with E-state index in [1.807, 2.05) is 6.92 Å². The minimum Gasteiger partial charge on any atom is -0.352 e. The van der Waals surface area contributed by atoms with Crippen molar-refractivity contribution < 1.29 is 4.79 Å². The Bertz CT molecular complexity index is 208. The van der Waals surface area contributed by atoms with Crippen LogP contribution in [0.3, 0.4) is 0 Å². The lowest BCUT2D eigenvalue weighted by atomic mass is 10.0. The molecule has 0 aliphatic rings. The largest absolute Gasteiger partial charge is 0.352 e. The molecule has 17 heavy (non-hydrogen) atoms. The molecule has 1 unspecified atom stereocenters. The fraction of sp³-hybridized carbons (Fsp3) is 0.923. The number of carbonyl (C=O) groups excluding carboxylic acids is 1. The predicted octanol–water partition coefficient (Wildman–Crippen LogP) is 2.72. The lowest BCUT2D eigenvalue weighted by Gasteiger charge is -2.19. The summed E-state index contributed by atoms with van der Waals surface area (Å²) in [6.45, 7) is 10.6. The number of rotatable bonds is 7. The molecule has 2 atom stereocenters. The van der Waals surface area contributed by atoms with E-state index < -0.39 is 0 Å². The Labute approximate surface area is 112 Å². The number of amides is 1. The molecule has 0 aliphatic heterocycles. The molecule has 0 saturated heterocycles. The summed E-state index contributed by atoms with van der Waals surface area (Å²) in [6, 6.07) is -0.130. The zero-order valence-electron chi connectivity index (χ0n) is 11.8. The molecular formula is C13H29ClN2O. The Morgan fingerprint density at radius 1 is 1.06 bits per heavy atom. The summed E-state index contributed by atoms with van der Waals surface area (Å²) in [6.07, 6.45) is 2.92. The van der Waals surface area contributed by atoms with Crippen LogP contribution in [0.2, 0.25) is 0 Å². The molecule has 0 fully saturated rings. The molecule has 0 saturated carbocycles. The lowest BCUT2D eigenvalue weighted by Crippen LogP contribution is -2.45. The molecule has 0 spiro atoms. The van der Waals surface area contributed by atoms with Crippen molar-refractivity contribution >= 4 is 18.3 Å². The van der Waals surface area contributed by atoms with Gasteiger partial charge in [-0.15, -0.1) is 12.4 Å². The van der Waals surface area contributed by atoms with Crippen LogP contribution in [0.4, 0.5) is 0 Å². The molecular weight excluding hydrogens is 236 g/mol. The van der Waals surface area contributed by atoms with Crippen molar-refractivity contribution in [3.05, 3.63) is 0 Å². The highest BCUT2D eigenvalue weighted by molar-refractivity contribution is 5.85. The van der Waals surface area contributed by atoms with Crippen molar-refractivity contribution in [1.29, 1.82) is 0 Å². The molecule has 0 radical (unpaired) electrons. The van der Waals surface area contributed by atoms with Crippen molar-refractivity contribution in [2.75, 3.05) is 0 Å². The van der Waals surface area contributed by atoms with Gasteiger partial charge in [0.1, 0.15) is 0 Å². The fourth-order valence-electron chi connectivity index (χ4n) is 1.62. The summed E-state index contributed by atoms with van der Waals surface area (Å²) in [7, 11) is 0. The minimum atomic E-state index is -0.360. The quantitative estimate of drug-likeness (QED) is 0.743. The average molecular weight is 265 g/mol. The first-order valence-corrected chi connectivity index (χ1v) is 6.38. The van der Waals surface area contributed by atoms with E-state index in [9.17, 15) is 4.79 Å². The van der Waals surface area contributed by atoms with E-state index >= 15 is 0 Å². The summed E-state index contributed by atoms with van der Waals surface area (Å²) in [5.74, 6) is 1.14. The Morgan fingerprint density at radius 3 is 2.00 bits per heavy atom. The van der Waals surface area contributed by atoms with E-state index in [-0.39, 0.29) is 30.4 Å². The monoisotopic (exact) mass is 264 g/mol. The maximum Gasteiger partial charge on any atom is 0.237 e. The summed E-state index contributed by atoms with van der Waals surface area (Å²) in [4.78, 5) is 11.7. The van der Waals surface area contributed by atoms with E-state index in [1.54, 1.807) is 0 Å². The van der Waals surface area contributed by atoms with E-state index in [0.717, 1.165) is 19.3 Å². The summed E-state index contributed by atoms with van der Waals surface area (Å²) in [5.41, 5.74) is 5.81. The van der Waals surface area contributed by atoms with Gasteiger partial charge in [0.2, 0.25) is 5.91 Å². The van der Waals surface area contributed by atoms with Gasteiger partial charge in [-0.1, -0.05) is 27.7 Å².